The van der Waals surface area contributed by atoms with Crippen molar-refractivity contribution in [2.75, 3.05) is 6.54 Å². The van der Waals surface area contributed by atoms with Gasteiger partial charge in [0.25, 0.3) is 11.8 Å². The monoisotopic (exact) mass is 342 g/mol. The van der Waals surface area contributed by atoms with Gasteiger partial charge in [0.15, 0.2) is 0 Å². The molecule has 136 valence electrons. The van der Waals surface area contributed by atoms with Gasteiger partial charge in [0.2, 0.25) is 0 Å². The molecule has 1 unspecified atom stereocenters. The molecule has 1 atom stereocenters. The summed E-state index contributed by atoms with van der Waals surface area (Å²) in [7, 11) is 0. The average molecular weight is 342 g/mol. The Morgan fingerprint density at radius 2 is 1.76 bits per heavy atom. The first-order chi connectivity index (χ1) is 12.2. The molecule has 0 spiro atoms. The zero-order valence-electron chi connectivity index (χ0n) is 15.3. The van der Waals surface area contributed by atoms with Gasteiger partial charge >= 0.3 is 0 Å². The number of nitrogens with one attached hydrogen (secondary N) is 1. The number of likely N-dealkylation sites (tertiary alicyclic amines) is 1. The third kappa shape index (κ3) is 4.42. The third-order valence-corrected chi connectivity index (χ3v) is 5.67. The molecule has 0 bridgehead atoms. The van der Waals surface area contributed by atoms with Crippen molar-refractivity contribution < 1.29 is 9.59 Å². The van der Waals surface area contributed by atoms with E-state index in [0.717, 1.165) is 38.6 Å². The predicted octanol–water partition coefficient (Wildman–Crippen LogP) is 4.15. The second-order valence-electron chi connectivity index (χ2n) is 7.45. The molecule has 0 radical (unpaired) electrons. The Hall–Kier alpha value is -1.84. The van der Waals surface area contributed by atoms with Gasteiger partial charge in [-0.2, -0.15) is 0 Å². The Labute approximate surface area is 151 Å². The minimum atomic E-state index is -0.0489. The summed E-state index contributed by atoms with van der Waals surface area (Å²) in [5.41, 5.74) is 1.23. The largest absolute Gasteiger partial charge is 0.349 e. The quantitative estimate of drug-likeness (QED) is 0.893. The van der Waals surface area contributed by atoms with Crippen LogP contribution in [0.4, 0.5) is 0 Å². The highest BCUT2D eigenvalue weighted by Gasteiger charge is 2.26. The molecule has 25 heavy (non-hydrogen) atoms. The van der Waals surface area contributed by atoms with E-state index >= 15 is 0 Å². The van der Waals surface area contributed by atoms with E-state index in [9.17, 15) is 9.59 Å². The normalized spacial score (nSPS) is 21.8. The van der Waals surface area contributed by atoms with Gasteiger partial charge in [0.1, 0.15) is 0 Å². The van der Waals surface area contributed by atoms with E-state index < -0.39 is 0 Å². The van der Waals surface area contributed by atoms with Gasteiger partial charge in [-0.3, -0.25) is 9.59 Å². The van der Waals surface area contributed by atoms with Crippen LogP contribution in [0.1, 0.15) is 85.4 Å². The summed E-state index contributed by atoms with van der Waals surface area (Å²) in [6.07, 6.45) is 10.1. The maximum atomic E-state index is 12.9. The maximum Gasteiger partial charge on any atom is 0.254 e. The van der Waals surface area contributed by atoms with Gasteiger partial charge in [0.05, 0.1) is 0 Å². The topological polar surface area (TPSA) is 49.4 Å². The highest BCUT2D eigenvalue weighted by Crippen LogP contribution is 2.22. The van der Waals surface area contributed by atoms with E-state index in [2.05, 4.69) is 12.2 Å². The number of rotatable bonds is 4. The first kappa shape index (κ1) is 18.0. The lowest BCUT2D eigenvalue weighted by molar-refractivity contribution is 0.0608. The fourth-order valence-electron chi connectivity index (χ4n) is 4.17. The van der Waals surface area contributed by atoms with Crippen molar-refractivity contribution in [1.29, 1.82) is 0 Å². The number of benzene rings is 1. The highest BCUT2D eigenvalue weighted by molar-refractivity contribution is 5.99. The van der Waals surface area contributed by atoms with Gasteiger partial charge in [-0.05, 0) is 56.7 Å². The number of amides is 2. The van der Waals surface area contributed by atoms with Crippen LogP contribution in [0.5, 0.6) is 0 Å². The molecular formula is C21H30N2O2. The summed E-state index contributed by atoms with van der Waals surface area (Å²) in [6.45, 7) is 2.97. The summed E-state index contributed by atoms with van der Waals surface area (Å²) in [6, 6.07) is 7.85. The SMILES string of the molecule is CCC1CCCCN1C(=O)c1cccc(C(=O)NC2CCCCC2)c1. The Kier molecular flexibility index (Phi) is 6.11. The zero-order valence-corrected chi connectivity index (χ0v) is 15.3. The van der Waals surface area contributed by atoms with Crippen LogP contribution in [-0.4, -0.2) is 35.3 Å². The first-order valence-electron chi connectivity index (χ1n) is 9.91. The third-order valence-electron chi connectivity index (χ3n) is 5.67. The molecule has 2 aliphatic rings. The van der Waals surface area contributed by atoms with Crippen molar-refractivity contribution in [2.24, 2.45) is 0 Å². The fraction of sp³-hybridized carbons (Fsp3) is 0.619. The molecule has 3 rings (SSSR count). The van der Waals surface area contributed by atoms with Gasteiger partial charge in [-0.25, -0.2) is 0 Å². The number of nitrogens with zero attached hydrogens (tertiary/aromatic N) is 1. The molecule has 4 nitrogen and oxygen atoms in total. The second kappa shape index (κ2) is 8.50. The Bertz CT molecular complexity index is 608. The van der Waals surface area contributed by atoms with E-state index in [0.29, 0.717) is 17.2 Å². The number of hydrogen-bond donors (Lipinski definition) is 1. The summed E-state index contributed by atoms with van der Waals surface area (Å²) >= 11 is 0. The number of hydrogen-bond acceptors (Lipinski definition) is 2. The molecule has 1 aliphatic carbocycles. The van der Waals surface area contributed by atoms with E-state index in [1.54, 1.807) is 6.07 Å². The van der Waals surface area contributed by atoms with Crippen LogP contribution >= 0.6 is 0 Å². The molecular weight excluding hydrogens is 312 g/mol. The molecule has 1 heterocycles. The van der Waals surface area contributed by atoms with Crippen molar-refractivity contribution in [1.82, 2.24) is 10.2 Å². The molecule has 1 saturated carbocycles. The summed E-state index contributed by atoms with van der Waals surface area (Å²) in [5.74, 6) is 0.0195. The van der Waals surface area contributed by atoms with Crippen LogP contribution < -0.4 is 5.32 Å². The predicted molar refractivity (Wildman–Crippen MR) is 99.7 cm³/mol. The van der Waals surface area contributed by atoms with E-state index in [-0.39, 0.29) is 17.9 Å². The van der Waals surface area contributed by atoms with Crippen LogP contribution in [0.3, 0.4) is 0 Å². The Morgan fingerprint density at radius 3 is 2.52 bits per heavy atom. The smallest absolute Gasteiger partial charge is 0.254 e. The number of carbonyl (C=O) groups excluding carboxylic acids is 2. The van der Waals surface area contributed by atoms with Crippen molar-refractivity contribution in [3.05, 3.63) is 35.4 Å². The van der Waals surface area contributed by atoms with Crippen molar-refractivity contribution in [3.63, 3.8) is 0 Å². The summed E-state index contributed by atoms with van der Waals surface area (Å²) in [5, 5.41) is 3.14. The second-order valence-corrected chi connectivity index (χ2v) is 7.45. The fourth-order valence-corrected chi connectivity index (χ4v) is 4.17. The molecule has 2 fully saturated rings. The van der Waals surface area contributed by atoms with Crippen LogP contribution in [0.25, 0.3) is 0 Å². The van der Waals surface area contributed by atoms with E-state index in [4.69, 9.17) is 0 Å². The molecule has 1 aromatic rings. The van der Waals surface area contributed by atoms with Gasteiger partial charge < -0.3 is 10.2 Å². The zero-order chi connectivity index (χ0) is 17.6. The van der Waals surface area contributed by atoms with Gasteiger partial charge in [0, 0.05) is 29.8 Å². The van der Waals surface area contributed by atoms with Crippen LogP contribution in [0.2, 0.25) is 0 Å². The molecule has 1 saturated heterocycles. The molecule has 1 N–H and O–H groups in total. The average Bonchev–Trinajstić information content (AvgIpc) is 2.68. The minimum Gasteiger partial charge on any atom is -0.349 e. The van der Waals surface area contributed by atoms with Crippen LogP contribution in [0, 0.1) is 0 Å². The van der Waals surface area contributed by atoms with Crippen molar-refractivity contribution >= 4 is 11.8 Å². The summed E-state index contributed by atoms with van der Waals surface area (Å²) < 4.78 is 0. The molecule has 1 aromatic carbocycles. The molecule has 0 aromatic heterocycles. The van der Waals surface area contributed by atoms with Crippen LogP contribution in [0.15, 0.2) is 24.3 Å². The Morgan fingerprint density at radius 1 is 1.04 bits per heavy atom. The van der Waals surface area contributed by atoms with Crippen LogP contribution in [-0.2, 0) is 0 Å². The standard InChI is InChI=1S/C21H30N2O2/c1-2-19-13-6-7-14-23(19)21(25)17-10-8-9-16(15-17)20(24)22-18-11-4-3-5-12-18/h8-10,15,18-19H,2-7,11-14H2,1H3,(H,22,24). The van der Waals surface area contributed by atoms with Crippen molar-refractivity contribution in [2.45, 2.75) is 76.8 Å². The lowest BCUT2D eigenvalue weighted by Gasteiger charge is -2.35. The Balaban J connectivity index is 1.69. The van der Waals surface area contributed by atoms with Gasteiger partial charge in [-0.1, -0.05) is 32.3 Å². The lowest BCUT2D eigenvalue weighted by atomic mass is 9.95. The lowest BCUT2D eigenvalue weighted by Crippen LogP contribution is -2.43. The molecule has 1 aliphatic heterocycles. The van der Waals surface area contributed by atoms with E-state index in [1.807, 2.05) is 23.1 Å². The van der Waals surface area contributed by atoms with E-state index in [1.165, 1.54) is 25.7 Å². The molecule has 2 amide bonds. The minimum absolute atomic E-state index is 0.0489. The summed E-state index contributed by atoms with van der Waals surface area (Å²) in [4.78, 5) is 27.5. The molecule has 4 heteroatoms. The number of carbonyl (C=O) groups is 2. The maximum absolute atomic E-state index is 12.9. The van der Waals surface area contributed by atoms with Gasteiger partial charge in [-0.15, -0.1) is 0 Å². The number of piperidine rings is 1. The highest BCUT2D eigenvalue weighted by atomic mass is 16.2. The van der Waals surface area contributed by atoms with Crippen molar-refractivity contribution in [3.8, 4) is 0 Å². The first-order valence-corrected chi connectivity index (χ1v) is 9.91.